The van der Waals surface area contributed by atoms with Gasteiger partial charge in [0.25, 0.3) is 0 Å². The summed E-state index contributed by atoms with van der Waals surface area (Å²) in [4.78, 5) is 14.2. The van der Waals surface area contributed by atoms with E-state index in [0.29, 0.717) is 5.92 Å². The number of esters is 1. The molecule has 6 nitrogen and oxygen atoms in total. The molecule has 2 atom stereocenters. The van der Waals surface area contributed by atoms with Crippen LogP contribution in [0.15, 0.2) is 0 Å². The van der Waals surface area contributed by atoms with Crippen LogP contribution in [0, 0.1) is 19.8 Å². The van der Waals surface area contributed by atoms with E-state index in [1.54, 1.807) is 4.68 Å². The van der Waals surface area contributed by atoms with Crippen molar-refractivity contribution in [2.75, 3.05) is 13.1 Å². The van der Waals surface area contributed by atoms with E-state index in [-0.39, 0.29) is 37.1 Å². The van der Waals surface area contributed by atoms with E-state index in [4.69, 9.17) is 10.5 Å². The highest BCUT2D eigenvalue weighted by Crippen LogP contribution is 2.21. The highest BCUT2D eigenvalue weighted by Gasteiger charge is 2.28. The number of carbonyl (C=O) groups is 1. The minimum atomic E-state index is -0.246. The Morgan fingerprint density at radius 2 is 2.04 bits per heavy atom. The predicted molar refractivity (Wildman–Crippen MR) is 92.6 cm³/mol. The molecule has 0 amide bonds. The Balaban J connectivity index is 0.00000264. The lowest BCUT2D eigenvalue weighted by Gasteiger charge is -2.15. The quantitative estimate of drug-likeness (QED) is 0.822. The Morgan fingerprint density at radius 1 is 1.39 bits per heavy atom. The second-order valence-corrected chi connectivity index (χ2v) is 6.68. The standard InChI is InChI=1S/C16H28N4O2.ClH/c1-10(2)22-16(21)9-20-13(5)14(12(4)18-20)7-19-6-11(3)15(17)8-19;/h10-11,15H,6-9,17H2,1-5H3;1H. The second-order valence-electron chi connectivity index (χ2n) is 6.68. The molecule has 0 radical (unpaired) electrons. The number of aryl methyl sites for hydroxylation is 1. The van der Waals surface area contributed by atoms with Gasteiger partial charge in [0, 0.05) is 36.9 Å². The van der Waals surface area contributed by atoms with Gasteiger partial charge in [-0.05, 0) is 33.6 Å². The molecular weight excluding hydrogens is 316 g/mol. The monoisotopic (exact) mass is 344 g/mol. The van der Waals surface area contributed by atoms with Crippen molar-refractivity contribution < 1.29 is 9.53 Å². The van der Waals surface area contributed by atoms with Crippen molar-refractivity contribution in [1.82, 2.24) is 14.7 Å². The molecule has 0 aromatic carbocycles. The first-order valence-electron chi connectivity index (χ1n) is 7.98. The molecule has 1 aromatic heterocycles. The first-order valence-corrected chi connectivity index (χ1v) is 7.98. The summed E-state index contributed by atoms with van der Waals surface area (Å²) in [6.07, 6.45) is -0.100. The van der Waals surface area contributed by atoms with Crippen LogP contribution >= 0.6 is 12.4 Å². The Kier molecular flexibility index (Phi) is 7.04. The third kappa shape index (κ3) is 4.93. The van der Waals surface area contributed by atoms with Gasteiger partial charge in [-0.1, -0.05) is 6.92 Å². The van der Waals surface area contributed by atoms with Gasteiger partial charge in [0.1, 0.15) is 6.54 Å². The number of likely N-dealkylation sites (tertiary alicyclic amines) is 1. The summed E-state index contributed by atoms with van der Waals surface area (Å²) in [6.45, 7) is 12.8. The molecule has 2 N–H and O–H groups in total. The minimum Gasteiger partial charge on any atom is -0.462 e. The summed E-state index contributed by atoms with van der Waals surface area (Å²) in [7, 11) is 0. The zero-order valence-corrected chi connectivity index (χ0v) is 15.5. The number of nitrogens with zero attached hydrogens (tertiary/aromatic N) is 3. The summed E-state index contributed by atoms with van der Waals surface area (Å²) in [5, 5.41) is 4.50. The van der Waals surface area contributed by atoms with Gasteiger partial charge in [0.2, 0.25) is 0 Å². The molecule has 2 rings (SSSR count). The lowest BCUT2D eigenvalue weighted by atomic mass is 10.1. The molecule has 0 spiro atoms. The maximum Gasteiger partial charge on any atom is 0.328 e. The number of aromatic nitrogens is 2. The molecule has 132 valence electrons. The first-order chi connectivity index (χ1) is 10.3. The molecule has 1 saturated heterocycles. The highest BCUT2D eigenvalue weighted by molar-refractivity contribution is 5.85. The lowest BCUT2D eigenvalue weighted by molar-refractivity contribution is -0.148. The molecule has 0 aliphatic carbocycles. The summed E-state index contributed by atoms with van der Waals surface area (Å²) >= 11 is 0. The van der Waals surface area contributed by atoms with E-state index < -0.39 is 0 Å². The molecule has 1 aliphatic heterocycles. The number of nitrogens with two attached hydrogens (primary N) is 1. The Labute approximate surface area is 144 Å². The van der Waals surface area contributed by atoms with Gasteiger partial charge < -0.3 is 10.5 Å². The fraction of sp³-hybridized carbons (Fsp3) is 0.750. The number of carbonyl (C=O) groups excluding carboxylic acids is 1. The van der Waals surface area contributed by atoms with Crippen LogP contribution in [0.3, 0.4) is 0 Å². The average molecular weight is 345 g/mol. The van der Waals surface area contributed by atoms with Crippen molar-refractivity contribution in [1.29, 1.82) is 0 Å². The van der Waals surface area contributed by atoms with Crippen LogP contribution in [0.1, 0.15) is 37.7 Å². The van der Waals surface area contributed by atoms with E-state index in [0.717, 1.165) is 31.0 Å². The molecular formula is C16H29ClN4O2. The van der Waals surface area contributed by atoms with Gasteiger partial charge >= 0.3 is 5.97 Å². The topological polar surface area (TPSA) is 73.4 Å². The Bertz CT molecular complexity index is 534. The maximum absolute atomic E-state index is 11.8. The van der Waals surface area contributed by atoms with Crippen LogP contribution in [0.2, 0.25) is 0 Å². The zero-order chi connectivity index (χ0) is 16.4. The molecule has 2 heterocycles. The Morgan fingerprint density at radius 3 is 2.57 bits per heavy atom. The lowest BCUT2D eigenvalue weighted by Crippen LogP contribution is -2.28. The van der Waals surface area contributed by atoms with Crippen LogP contribution < -0.4 is 5.73 Å². The van der Waals surface area contributed by atoms with Gasteiger partial charge in [0.15, 0.2) is 0 Å². The van der Waals surface area contributed by atoms with Crippen LogP contribution in [0.4, 0.5) is 0 Å². The van der Waals surface area contributed by atoms with Crippen molar-refractivity contribution in [3.8, 4) is 0 Å². The molecule has 1 fully saturated rings. The molecule has 2 unspecified atom stereocenters. The number of hydrogen-bond donors (Lipinski definition) is 1. The number of ether oxygens (including phenoxy) is 1. The molecule has 0 bridgehead atoms. The molecule has 1 aliphatic rings. The minimum absolute atomic E-state index is 0. The van der Waals surface area contributed by atoms with E-state index >= 15 is 0 Å². The summed E-state index contributed by atoms with van der Waals surface area (Å²) < 4.78 is 6.94. The smallest absolute Gasteiger partial charge is 0.328 e. The summed E-state index contributed by atoms with van der Waals surface area (Å²) in [6, 6.07) is 0.247. The number of halogens is 1. The predicted octanol–water partition coefficient (Wildman–Crippen LogP) is 1.65. The van der Waals surface area contributed by atoms with Crippen LogP contribution in [-0.2, 0) is 22.6 Å². The van der Waals surface area contributed by atoms with Crippen molar-refractivity contribution in [2.45, 2.75) is 59.9 Å². The molecule has 0 saturated carbocycles. The molecule has 7 heteroatoms. The third-order valence-corrected chi connectivity index (χ3v) is 4.31. The van der Waals surface area contributed by atoms with Crippen molar-refractivity contribution >= 4 is 18.4 Å². The fourth-order valence-corrected chi connectivity index (χ4v) is 2.99. The number of hydrogen-bond acceptors (Lipinski definition) is 5. The van der Waals surface area contributed by atoms with Gasteiger partial charge in [-0.2, -0.15) is 5.10 Å². The van der Waals surface area contributed by atoms with E-state index in [2.05, 4.69) is 16.9 Å². The third-order valence-electron chi connectivity index (χ3n) is 4.31. The van der Waals surface area contributed by atoms with Crippen LogP contribution in [0.5, 0.6) is 0 Å². The largest absolute Gasteiger partial charge is 0.462 e. The summed E-state index contributed by atoms with van der Waals surface area (Å²) in [5.74, 6) is 0.278. The summed E-state index contributed by atoms with van der Waals surface area (Å²) in [5.41, 5.74) is 9.29. The van der Waals surface area contributed by atoms with Crippen LogP contribution in [0.25, 0.3) is 0 Å². The Hall–Kier alpha value is -1.11. The van der Waals surface area contributed by atoms with Gasteiger partial charge in [-0.3, -0.25) is 14.4 Å². The van der Waals surface area contributed by atoms with Crippen LogP contribution in [-0.4, -0.2) is 45.9 Å². The zero-order valence-electron chi connectivity index (χ0n) is 14.7. The average Bonchev–Trinajstić information content (AvgIpc) is 2.83. The molecule has 23 heavy (non-hydrogen) atoms. The molecule has 1 aromatic rings. The van der Waals surface area contributed by atoms with E-state index in [1.165, 1.54) is 5.56 Å². The van der Waals surface area contributed by atoms with Crippen molar-refractivity contribution in [3.05, 3.63) is 17.0 Å². The normalized spacial score (nSPS) is 21.5. The van der Waals surface area contributed by atoms with E-state index in [9.17, 15) is 4.79 Å². The SMILES string of the molecule is Cc1nn(CC(=O)OC(C)C)c(C)c1CN1CC(C)C(N)C1.Cl. The van der Waals surface area contributed by atoms with Crippen molar-refractivity contribution in [3.63, 3.8) is 0 Å². The highest BCUT2D eigenvalue weighted by atomic mass is 35.5. The number of rotatable bonds is 5. The fourth-order valence-electron chi connectivity index (χ4n) is 2.99. The maximum atomic E-state index is 11.8. The second kappa shape index (κ2) is 8.13. The van der Waals surface area contributed by atoms with Gasteiger partial charge in [-0.15, -0.1) is 12.4 Å². The first kappa shape index (κ1) is 19.9. The van der Waals surface area contributed by atoms with Crippen molar-refractivity contribution in [2.24, 2.45) is 11.7 Å². The van der Waals surface area contributed by atoms with Gasteiger partial charge in [0.05, 0.1) is 11.8 Å². The van der Waals surface area contributed by atoms with E-state index in [1.807, 2.05) is 27.7 Å². The van der Waals surface area contributed by atoms with Gasteiger partial charge in [-0.25, -0.2) is 0 Å².